The summed E-state index contributed by atoms with van der Waals surface area (Å²) in [7, 11) is 0. The molecule has 1 N–H and O–H groups in total. The third kappa shape index (κ3) is 3.68. The molecule has 1 heterocycles. The molecule has 0 saturated carbocycles. The molecular weight excluding hydrogens is 328 g/mol. The van der Waals surface area contributed by atoms with Crippen LogP contribution in [0.3, 0.4) is 0 Å². The summed E-state index contributed by atoms with van der Waals surface area (Å²) in [5, 5.41) is 5.20. The number of rotatable bonds is 3. The van der Waals surface area contributed by atoms with Gasteiger partial charge < -0.3 is 5.32 Å². The minimum absolute atomic E-state index is 0.354. The number of nitrogens with zero attached hydrogens (tertiary/aromatic N) is 1. The van der Waals surface area contributed by atoms with E-state index in [1.54, 1.807) is 17.5 Å². The second kappa shape index (κ2) is 6.00. The highest BCUT2D eigenvalue weighted by molar-refractivity contribution is 7.14. The highest BCUT2D eigenvalue weighted by Gasteiger charge is 2.29. The number of hydrogen-bond acceptors (Lipinski definition) is 3. The van der Waals surface area contributed by atoms with Crippen molar-refractivity contribution < 1.29 is 17.6 Å². The molecule has 3 rings (SSSR count). The maximum absolute atomic E-state index is 13.2. The van der Waals surface area contributed by atoms with Crippen molar-refractivity contribution in [2.75, 3.05) is 5.32 Å². The van der Waals surface area contributed by atoms with Gasteiger partial charge in [-0.3, -0.25) is 0 Å². The van der Waals surface area contributed by atoms with Crippen LogP contribution in [0.5, 0.6) is 0 Å². The highest BCUT2D eigenvalue weighted by atomic mass is 32.1. The van der Waals surface area contributed by atoms with Crippen LogP contribution < -0.4 is 5.32 Å². The van der Waals surface area contributed by atoms with Crippen LogP contribution in [0, 0.1) is 5.82 Å². The fourth-order valence-electron chi connectivity index (χ4n) is 1.98. The molecule has 0 fully saturated rings. The molecular formula is C16H10F4N2S. The van der Waals surface area contributed by atoms with Gasteiger partial charge in [0.05, 0.1) is 11.3 Å². The summed E-state index contributed by atoms with van der Waals surface area (Å²) in [5.41, 5.74) is 1.03. The van der Waals surface area contributed by atoms with E-state index in [4.69, 9.17) is 0 Å². The Morgan fingerprint density at radius 2 is 1.74 bits per heavy atom. The van der Waals surface area contributed by atoms with Gasteiger partial charge in [-0.2, -0.15) is 13.2 Å². The molecule has 0 bridgehead atoms. The molecule has 0 amide bonds. The predicted molar refractivity (Wildman–Crippen MR) is 82.2 cm³/mol. The van der Waals surface area contributed by atoms with E-state index in [1.807, 2.05) is 0 Å². The standard InChI is InChI=1S/C16H10F4N2S/c17-12-3-1-2-10(8-12)14-9-23-15(22-14)21-13-6-4-11(5-7-13)16(18,19)20/h1-9H,(H,21,22). The molecule has 118 valence electrons. The third-order valence-electron chi connectivity index (χ3n) is 3.09. The average molecular weight is 338 g/mol. The molecule has 3 aromatic rings. The first-order chi connectivity index (χ1) is 10.9. The van der Waals surface area contributed by atoms with Crippen LogP contribution >= 0.6 is 11.3 Å². The Bertz CT molecular complexity index is 809. The topological polar surface area (TPSA) is 24.9 Å². The first-order valence-electron chi connectivity index (χ1n) is 6.57. The van der Waals surface area contributed by atoms with Gasteiger partial charge in [0.1, 0.15) is 5.82 Å². The van der Waals surface area contributed by atoms with Crippen LogP contribution in [0.4, 0.5) is 28.4 Å². The van der Waals surface area contributed by atoms with Crippen molar-refractivity contribution in [2.45, 2.75) is 6.18 Å². The summed E-state index contributed by atoms with van der Waals surface area (Å²) in [6.07, 6.45) is -4.36. The summed E-state index contributed by atoms with van der Waals surface area (Å²) in [4.78, 5) is 4.31. The number of benzene rings is 2. The largest absolute Gasteiger partial charge is 0.416 e. The maximum Gasteiger partial charge on any atom is 0.416 e. The summed E-state index contributed by atoms with van der Waals surface area (Å²) in [5.74, 6) is -0.354. The zero-order valence-electron chi connectivity index (χ0n) is 11.6. The van der Waals surface area contributed by atoms with E-state index < -0.39 is 11.7 Å². The lowest BCUT2D eigenvalue weighted by atomic mass is 10.2. The van der Waals surface area contributed by atoms with Gasteiger partial charge in [0.15, 0.2) is 5.13 Å². The summed E-state index contributed by atoms with van der Waals surface area (Å²) < 4.78 is 50.7. The van der Waals surface area contributed by atoms with Gasteiger partial charge in [-0.25, -0.2) is 9.37 Å². The van der Waals surface area contributed by atoms with E-state index in [9.17, 15) is 17.6 Å². The molecule has 0 atom stereocenters. The van der Waals surface area contributed by atoms with Gasteiger partial charge in [-0.05, 0) is 36.4 Å². The normalized spacial score (nSPS) is 11.5. The monoisotopic (exact) mass is 338 g/mol. The number of thiazole rings is 1. The molecule has 2 aromatic carbocycles. The number of nitrogens with one attached hydrogen (secondary N) is 1. The van der Waals surface area contributed by atoms with Crippen molar-refractivity contribution in [3.05, 3.63) is 65.3 Å². The molecule has 0 radical (unpaired) electrons. The molecule has 0 aliphatic rings. The van der Waals surface area contributed by atoms with E-state index in [1.165, 1.54) is 35.6 Å². The van der Waals surface area contributed by atoms with Gasteiger partial charge >= 0.3 is 6.18 Å². The Balaban J connectivity index is 1.77. The van der Waals surface area contributed by atoms with Crippen LogP contribution in [0.1, 0.15) is 5.56 Å². The van der Waals surface area contributed by atoms with Crippen LogP contribution in [-0.2, 0) is 6.18 Å². The van der Waals surface area contributed by atoms with Gasteiger partial charge in [-0.15, -0.1) is 11.3 Å². The molecule has 7 heteroatoms. The van der Waals surface area contributed by atoms with E-state index in [0.717, 1.165) is 12.1 Å². The fourth-order valence-corrected chi connectivity index (χ4v) is 2.72. The molecule has 0 aliphatic carbocycles. The zero-order chi connectivity index (χ0) is 16.4. The number of hydrogen-bond donors (Lipinski definition) is 1. The summed E-state index contributed by atoms with van der Waals surface area (Å²) >= 11 is 1.29. The maximum atomic E-state index is 13.2. The number of aromatic nitrogens is 1. The Labute approximate surface area is 133 Å². The predicted octanol–water partition coefficient (Wildman–Crippen LogP) is 5.71. The van der Waals surface area contributed by atoms with Crippen LogP contribution in [0.25, 0.3) is 11.3 Å². The summed E-state index contributed by atoms with van der Waals surface area (Å²) in [6, 6.07) is 10.7. The van der Waals surface area contributed by atoms with Crippen LogP contribution in [0.15, 0.2) is 53.9 Å². The number of alkyl halides is 3. The zero-order valence-corrected chi connectivity index (χ0v) is 12.4. The van der Waals surface area contributed by atoms with E-state index in [0.29, 0.717) is 22.1 Å². The second-order valence-electron chi connectivity index (χ2n) is 4.75. The lowest BCUT2D eigenvalue weighted by molar-refractivity contribution is -0.137. The van der Waals surface area contributed by atoms with Gasteiger partial charge in [0.2, 0.25) is 0 Å². The lowest BCUT2D eigenvalue weighted by Gasteiger charge is -2.07. The van der Waals surface area contributed by atoms with Crippen molar-refractivity contribution in [3.8, 4) is 11.3 Å². The summed E-state index contributed by atoms with van der Waals surface area (Å²) in [6.45, 7) is 0. The minimum Gasteiger partial charge on any atom is -0.332 e. The van der Waals surface area contributed by atoms with E-state index in [2.05, 4.69) is 10.3 Å². The lowest BCUT2D eigenvalue weighted by Crippen LogP contribution is -2.04. The molecule has 2 nitrogen and oxygen atoms in total. The molecule has 1 aromatic heterocycles. The Hall–Kier alpha value is -2.41. The Kier molecular flexibility index (Phi) is 4.04. The molecule has 0 aliphatic heterocycles. The van der Waals surface area contributed by atoms with E-state index in [-0.39, 0.29) is 5.82 Å². The first-order valence-corrected chi connectivity index (χ1v) is 7.45. The molecule has 23 heavy (non-hydrogen) atoms. The van der Waals surface area contributed by atoms with Crippen molar-refractivity contribution in [2.24, 2.45) is 0 Å². The molecule has 0 unspecified atom stereocenters. The fraction of sp³-hybridized carbons (Fsp3) is 0.0625. The van der Waals surface area contributed by atoms with Crippen LogP contribution in [0.2, 0.25) is 0 Å². The number of anilines is 2. The van der Waals surface area contributed by atoms with Crippen molar-refractivity contribution in [3.63, 3.8) is 0 Å². The first kappa shape index (κ1) is 15.5. The quantitative estimate of drug-likeness (QED) is 0.619. The van der Waals surface area contributed by atoms with Crippen molar-refractivity contribution in [1.82, 2.24) is 4.98 Å². The third-order valence-corrected chi connectivity index (χ3v) is 3.85. The average Bonchev–Trinajstić information content (AvgIpc) is 2.95. The second-order valence-corrected chi connectivity index (χ2v) is 5.61. The Morgan fingerprint density at radius 1 is 1.00 bits per heavy atom. The van der Waals surface area contributed by atoms with Crippen LogP contribution in [-0.4, -0.2) is 4.98 Å². The van der Waals surface area contributed by atoms with Gasteiger partial charge in [0, 0.05) is 16.6 Å². The Morgan fingerprint density at radius 3 is 2.39 bits per heavy atom. The SMILES string of the molecule is Fc1cccc(-c2csc(Nc3ccc(C(F)(F)F)cc3)n2)c1. The van der Waals surface area contributed by atoms with Gasteiger partial charge in [-0.1, -0.05) is 12.1 Å². The molecule has 0 saturated heterocycles. The minimum atomic E-state index is -4.36. The van der Waals surface area contributed by atoms with Crippen molar-refractivity contribution in [1.29, 1.82) is 0 Å². The molecule has 0 spiro atoms. The van der Waals surface area contributed by atoms with Gasteiger partial charge in [0.25, 0.3) is 0 Å². The smallest absolute Gasteiger partial charge is 0.332 e. The number of halogens is 4. The van der Waals surface area contributed by atoms with Crippen molar-refractivity contribution >= 4 is 22.2 Å². The highest BCUT2D eigenvalue weighted by Crippen LogP contribution is 2.31. The van der Waals surface area contributed by atoms with E-state index >= 15 is 0 Å².